The van der Waals surface area contributed by atoms with Gasteiger partial charge in [-0.05, 0) is 42.9 Å². The third kappa shape index (κ3) is 3.87. The Kier molecular flexibility index (Phi) is 4.55. The molecule has 1 aliphatic rings. The highest BCUT2D eigenvalue weighted by atomic mass is 19.4. The van der Waals surface area contributed by atoms with Crippen LogP contribution in [-0.2, 0) is 6.18 Å². The quantitative estimate of drug-likeness (QED) is 0.765. The Labute approximate surface area is 116 Å². The van der Waals surface area contributed by atoms with Gasteiger partial charge in [0.05, 0.1) is 5.56 Å². The molecule has 1 saturated carbocycles. The zero-order chi connectivity index (χ0) is 14.8. The highest BCUT2D eigenvalue weighted by molar-refractivity contribution is 5.47. The second kappa shape index (κ2) is 6.02. The van der Waals surface area contributed by atoms with Crippen molar-refractivity contribution in [1.29, 1.82) is 0 Å². The number of nitrogens with one attached hydrogen (secondary N) is 1. The minimum absolute atomic E-state index is 0.331. The zero-order valence-corrected chi connectivity index (χ0v) is 11.4. The summed E-state index contributed by atoms with van der Waals surface area (Å²) in [6.45, 7) is 2.85. The van der Waals surface area contributed by atoms with Crippen LogP contribution < -0.4 is 5.32 Å². The fourth-order valence-electron chi connectivity index (χ4n) is 2.86. The summed E-state index contributed by atoms with van der Waals surface area (Å²) >= 11 is 0. The molecule has 0 radical (unpaired) electrons. The average Bonchev–Trinajstić information content (AvgIpc) is 2.36. The van der Waals surface area contributed by atoms with Gasteiger partial charge in [0, 0.05) is 12.2 Å². The van der Waals surface area contributed by atoms with Crippen LogP contribution in [0.15, 0.2) is 18.2 Å². The summed E-state index contributed by atoms with van der Waals surface area (Å²) in [6.07, 6.45) is -0.0535. The molecule has 1 N–H and O–H groups in total. The van der Waals surface area contributed by atoms with Gasteiger partial charge in [0.1, 0.15) is 5.82 Å². The van der Waals surface area contributed by atoms with Crippen LogP contribution in [0, 0.1) is 17.7 Å². The van der Waals surface area contributed by atoms with Gasteiger partial charge in [0.2, 0.25) is 0 Å². The molecule has 0 aliphatic heterocycles. The lowest BCUT2D eigenvalue weighted by molar-refractivity contribution is -0.139. The standard InChI is InChI=1S/C15H19F4N/c1-10-3-2-4-11(7-10)9-20-12-5-6-14(16)13(8-12)15(17,18)19/h5-6,8,10-11,20H,2-4,7,9H2,1H3. The summed E-state index contributed by atoms with van der Waals surface area (Å²) in [4.78, 5) is 0. The van der Waals surface area contributed by atoms with Crippen molar-refractivity contribution in [1.82, 2.24) is 0 Å². The molecule has 0 saturated heterocycles. The van der Waals surface area contributed by atoms with E-state index in [4.69, 9.17) is 0 Å². The Hall–Kier alpha value is -1.26. The summed E-state index contributed by atoms with van der Waals surface area (Å²) in [5, 5.41) is 3.01. The van der Waals surface area contributed by atoms with Crippen LogP contribution in [0.25, 0.3) is 0 Å². The van der Waals surface area contributed by atoms with Crippen molar-refractivity contribution in [3.8, 4) is 0 Å². The molecule has 0 heterocycles. The maximum atomic E-state index is 13.2. The average molecular weight is 289 g/mol. The van der Waals surface area contributed by atoms with Crippen LogP contribution in [0.2, 0.25) is 0 Å². The van der Waals surface area contributed by atoms with Crippen molar-refractivity contribution >= 4 is 5.69 Å². The summed E-state index contributed by atoms with van der Waals surface area (Å²) in [6, 6.07) is 3.08. The number of hydrogen-bond acceptors (Lipinski definition) is 1. The molecule has 0 aromatic heterocycles. The Balaban J connectivity index is 1.99. The fraction of sp³-hybridized carbons (Fsp3) is 0.600. The van der Waals surface area contributed by atoms with Crippen LogP contribution in [0.4, 0.5) is 23.2 Å². The molecule has 0 amide bonds. The number of anilines is 1. The Morgan fingerprint density at radius 3 is 2.65 bits per heavy atom. The van der Waals surface area contributed by atoms with E-state index in [9.17, 15) is 17.6 Å². The van der Waals surface area contributed by atoms with E-state index in [0.29, 0.717) is 24.1 Å². The van der Waals surface area contributed by atoms with E-state index in [1.807, 2.05) is 0 Å². The molecule has 0 spiro atoms. The third-order valence-electron chi connectivity index (χ3n) is 3.91. The lowest BCUT2D eigenvalue weighted by Crippen LogP contribution is -2.21. The van der Waals surface area contributed by atoms with Crippen molar-refractivity contribution in [3.05, 3.63) is 29.6 Å². The van der Waals surface area contributed by atoms with Crippen molar-refractivity contribution in [2.75, 3.05) is 11.9 Å². The number of benzene rings is 1. The lowest BCUT2D eigenvalue weighted by atomic mass is 9.82. The minimum atomic E-state index is -4.65. The third-order valence-corrected chi connectivity index (χ3v) is 3.91. The molecule has 1 aromatic rings. The van der Waals surface area contributed by atoms with Crippen molar-refractivity contribution in [3.63, 3.8) is 0 Å². The van der Waals surface area contributed by atoms with Gasteiger partial charge in [-0.15, -0.1) is 0 Å². The molecule has 5 heteroatoms. The zero-order valence-electron chi connectivity index (χ0n) is 11.4. The van der Waals surface area contributed by atoms with Gasteiger partial charge in [-0.1, -0.05) is 19.8 Å². The Morgan fingerprint density at radius 2 is 2.00 bits per heavy atom. The van der Waals surface area contributed by atoms with Gasteiger partial charge in [0.25, 0.3) is 0 Å². The van der Waals surface area contributed by atoms with E-state index in [2.05, 4.69) is 12.2 Å². The molecule has 0 bridgehead atoms. The molecule has 1 fully saturated rings. The van der Waals surface area contributed by atoms with Gasteiger partial charge in [-0.2, -0.15) is 13.2 Å². The first-order chi connectivity index (χ1) is 9.36. The second-order valence-electron chi connectivity index (χ2n) is 5.71. The monoisotopic (exact) mass is 289 g/mol. The molecular weight excluding hydrogens is 270 g/mol. The first-order valence-electron chi connectivity index (χ1n) is 6.97. The molecule has 1 aromatic carbocycles. The summed E-state index contributed by atoms with van der Waals surface area (Å²) in [5.41, 5.74) is -0.878. The molecule has 112 valence electrons. The van der Waals surface area contributed by atoms with Crippen LogP contribution in [0.5, 0.6) is 0 Å². The first kappa shape index (κ1) is 15.1. The van der Waals surface area contributed by atoms with Crippen LogP contribution in [0.3, 0.4) is 0 Å². The van der Waals surface area contributed by atoms with Crippen LogP contribution in [-0.4, -0.2) is 6.54 Å². The maximum absolute atomic E-state index is 13.2. The van der Waals surface area contributed by atoms with Crippen molar-refractivity contribution in [2.24, 2.45) is 11.8 Å². The van der Waals surface area contributed by atoms with Crippen LogP contribution >= 0.6 is 0 Å². The maximum Gasteiger partial charge on any atom is 0.419 e. The smallest absolute Gasteiger partial charge is 0.385 e. The molecular formula is C15H19F4N. The fourth-order valence-corrected chi connectivity index (χ4v) is 2.86. The summed E-state index contributed by atoms with van der Waals surface area (Å²) in [5.74, 6) is -0.0676. The van der Waals surface area contributed by atoms with Crippen LogP contribution in [0.1, 0.15) is 38.2 Å². The molecule has 2 rings (SSSR count). The van der Waals surface area contributed by atoms with E-state index in [0.717, 1.165) is 25.0 Å². The summed E-state index contributed by atoms with van der Waals surface area (Å²) in [7, 11) is 0. The molecule has 20 heavy (non-hydrogen) atoms. The highest BCUT2D eigenvalue weighted by Gasteiger charge is 2.34. The Bertz CT molecular complexity index is 456. The Morgan fingerprint density at radius 1 is 1.25 bits per heavy atom. The van der Waals surface area contributed by atoms with Gasteiger partial charge >= 0.3 is 6.18 Å². The van der Waals surface area contributed by atoms with E-state index in [1.165, 1.54) is 18.9 Å². The predicted octanol–water partition coefficient (Wildman–Crippen LogP) is 5.08. The largest absolute Gasteiger partial charge is 0.419 e. The topological polar surface area (TPSA) is 12.0 Å². The SMILES string of the molecule is CC1CCCC(CNc2ccc(F)c(C(F)(F)F)c2)C1. The highest BCUT2D eigenvalue weighted by Crippen LogP contribution is 2.33. The molecule has 1 nitrogen and oxygen atoms in total. The number of alkyl halides is 3. The lowest BCUT2D eigenvalue weighted by Gasteiger charge is -2.27. The van der Waals surface area contributed by atoms with Crippen molar-refractivity contribution in [2.45, 2.75) is 38.8 Å². The molecule has 1 aliphatic carbocycles. The van der Waals surface area contributed by atoms with Gasteiger partial charge in [-0.25, -0.2) is 4.39 Å². The van der Waals surface area contributed by atoms with E-state index >= 15 is 0 Å². The normalized spacial score (nSPS) is 23.6. The van der Waals surface area contributed by atoms with Gasteiger partial charge < -0.3 is 5.32 Å². The molecule has 2 atom stereocenters. The number of halogens is 4. The minimum Gasteiger partial charge on any atom is -0.385 e. The number of hydrogen-bond donors (Lipinski definition) is 1. The van der Waals surface area contributed by atoms with Gasteiger partial charge in [0.15, 0.2) is 0 Å². The first-order valence-corrected chi connectivity index (χ1v) is 6.97. The summed E-state index contributed by atoms with van der Waals surface area (Å²) < 4.78 is 51.0. The van der Waals surface area contributed by atoms with E-state index < -0.39 is 17.6 Å². The van der Waals surface area contributed by atoms with Gasteiger partial charge in [-0.3, -0.25) is 0 Å². The second-order valence-corrected chi connectivity index (χ2v) is 5.71. The van der Waals surface area contributed by atoms with Crippen molar-refractivity contribution < 1.29 is 17.6 Å². The number of rotatable bonds is 3. The van der Waals surface area contributed by atoms with E-state index in [-0.39, 0.29) is 0 Å². The molecule has 2 unspecified atom stereocenters. The van der Waals surface area contributed by atoms with E-state index in [1.54, 1.807) is 0 Å². The predicted molar refractivity (Wildman–Crippen MR) is 71.0 cm³/mol.